The number of amides is 3. The number of carbonyl (C=O) groups is 4. The zero-order valence-corrected chi connectivity index (χ0v) is 30.2. The third-order valence-electron chi connectivity index (χ3n) is 8.46. The van der Waals surface area contributed by atoms with Crippen LogP contribution in [-0.4, -0.2) is 40.9 Å². The first-order valence-electron chi connectivity index (χ1n) is 17.5. The van der Waals surface area contributed by atoms with Gasteiger partial charge in [0.05, 0.1) is 12.2 Å². The number of anilines is 1. The van der Waals surface area contributed by atoms with Gasteiger partial charge in [-0.3, -0.25) is 9.59 Å². The number of benzene rings is 4. The second kappa shape index (κ2) is 18.3. The molecule has 3 N–H and O–H groups in total. The second-order valence-electron chi connectivity index (χ2n) is 13.3. The quantitative estimate of drug-likeness (QED) is 0.0988. The Balaban J connectivity index is 1.13. The zero-order chi connectivity index (χ0) is 37.7. The molecule has 0 bridgehead atoms. The van der Waals surface area contributed by atoms with Gasteiger partial charge in [-0.15, -0.1) is 0 Å². The molecule has 1 aromatic heterocycles. The summed E-state index contributed by atoms with van der Waals surface area (Å²) in [5.41, 5.74) is 4.52. The number of ketones is 1. The van der Waals surface area contributed by atoms with E-state index in [-0.39, 0.29) is 43.2 Å². The van der Waals surface area contributed by atoms with Gasteiger partial charge in [-0.1, -0.05) is 100 Å². The van der Waals surface area contributed by atoms with Crippen LogP contribution in [-0.2, 0) is 38.7 Å². The van der Waals surface area contributed by atoms with Gasteiger partial charge in [-0.2, -0.15) is 0 Å². The lowest BCUT2D eigenvalue weighted by atomic mass is 9.95. The van der Waals surface area contributed by atoms with Crippen LogP contribution in [0.1, 0.15) is 44.4 Å². The van der Waals surface area contributed by atoms with E-state index >= 15 is 0 Å². The normalized spacial score (nSPS) is 12.1. The van der Waals surface area contributed by atoms with Crippen LogP contribution in [0, 0.1) is 11.8 Å². The maximum Gasteiger partial charge on any atom is 0.408 e. The number of hydrogen-bond donors (Lipinski definition) is 3. The molecular formula is C42H44N4O7. The topological polar surface area (TPSA) is 149 Å². The highest BCUT2D eigenvalue weighted by Crippen LogP contribution is 2.27. The van der Waals surface area contributed by atoms with Gasteiger partial charge in [-0.05, 0) is 64.9 Å². The van der Waals surface area contributed by atoms with E-state index in [9.17, 15) is 19.2 Å². The molecule has 0 unspecified atom stereocenters. The van der Waals surface area contributed by atoms with Crippen molar-refractivity contribution in [3.63, 3.8) is 0 Å². The number of Topliss-reactive ketones (excluding diaryl/α,β-unsaturated/α-hetero) is 1. The first kappa shape index (κ1) is 38.0. The standard InChI is InChI=1S/C42H44N4O7/c1-27(2)37(45-41(49)51-25-30-11-7-5-8-12-30)35(47)23-29-15-17-33(18-16-29)40-43-24-36(53-40)32-19-21-34(22-20-32)44-39(48)38(28(3)4)46-42(50)52-26-31-13-9-6-10-14-31/h5-22,24,27-28,37-38H,23,25-26H2,1-4H3,(H,44,48)(H,45,49)(H,46,50)/t37-,38-/m0/s1. The molecule has 274 valence electrons. The first-order chi connectivity index (χ1) is 25.5. The molecule has 0 aliphatic rings. The highest BCUT2D eigenvalue weighted by Gasteiger charge is 2.26. The number of hydrogen-bond acceptors (Lipinski definition) is 8. The Kier molecular flexibility index (Phi) is 13.1. The van der Waals surface area contributed by atoms with Gasteiger partial charge >= 0.3 is 12.2 Å². The SMILES string of the molecule is CC(C)[C@H](NC(=O)OCc1ccccc1)C(=O)Cc1ccc(-c2ncc(-c3ccc(NC(=O)[C@@H](NC(=O)OCc4ccccc4)C(C)C)cc3)o2)cc1. The summed E-state index contributed by atoms with van der Waals surface area (Å²) in [5.74, 6) is 0.134. The minimum atomic E-state index is -0.804. The van der Waals surface area contributed by atoms with E-state index < -0.39 is 24.3 Å². The van der Waals surface area contributed by atoms with Gasteiger partial charge < -0.3 is 29.8 Å². The predicted octanol–water partition coefficient (Wildman–Crippen LogP) is 7.96. The monoisotopic (exact) mass is 716 g/mol. The van der Waals surface area contributed by atoms with Gasteiger partial charge in [-0.25, -0.2) is 14.6 Å². The summed E-state index contributed by atoms with van der Waals surface area (Å²) >= 11 is 0. The van der Waals surface area contributed by atoms with E-state index in [4.69, 9.17) is 13.9 Å². The minimum Gasteiger partial charge on any atom is -0.445 e. The van der Waals surface area contributed by atoms with Crippen molar-refractivity contribution in [1.82, 2.24) is 15.6 Å². The van der Waals surface area contributed by atoms with Crippen LogP contribution in [0.4, 0.5) is 15.3 Å². The number of nitrogens with zero attached hydrogens (tertiary/aromatic N) is 1. The van der Waals surface area contributed by atoms with E-state index in [0.29, 0.717) is 17.3 Å². The molecule has 11 nitrogen and oxygen atoms in total. The fraction of sp³-hybridized carbons (Fsp3) is 0.262. The van der Waals surface area contributed by atoms with Gasteiger partial charge in [0.15, 0.2) is 11.5 Å². The Morgan fingerprint density at radius 3 is 1.66 bits per heavy atom. The van der Waals surface area contributed by atoms with E-state index in [2.05, 4.69) is 20.9 Å². The molecule has 0 saturated heterocycles. The van der Waals surface area contributed by atoms with Crippen LogP contribution in [0.3, 0.4) is 0 Å². The van der Waals surface area contributed by atoms with Gasteiger partial charge in [0.25, 0.3) is 0 Å². The molecule has 0 saturated carbocycles. The Morgan fingerprint density at radius 1 is 0.623 bits per heavy atom. The van der Waals surface area contributed by atoms with Crippen molar-refractivity contribution in [2.45, 2.75) is 59.4 Å². The van der Waals surface area contributed by atoms with Crippen LogP contribution in [0.5, 0.6) is 0 Å². The maximum atomic E-state index is 13.2. The summed E-state index contributed by atoms with van der Waals surface area (Å²) in [5, 5.41) is 8.25. The Morgan fingerprint density at radius 2 is 1.13 bits per heavy atom. The van der Waals surface area contributed by atoms with Crippen molar-refractivity contribution in [3.8, 4) is 22.8 Å². The Bertz CT molecular complexity index is 1820. The molecule has 11 heteroatoms. The average Bonchev–Trinajstić information content (AvgIpc) is 3.66. The molecule has 1 heterocycles. The van der Waals surface area contributed by atoms with E-state index in [1.165, 1.54) is 0 Å². The zero-order valence-electron chi connectivity index (χ0n) is 30.2. The lowest BCUT2D eigenvalue weighted by Crippen LogP contribution is -2.47. The minimum absolute atomic E-state index is 0.101. The largest absolute Gasteiger partial charge is 0.445 e. The molecule has 2 atom stereocenters. The number of alkyl carbamates (subject to hydrolysis) is 2. The van der Waals surface area contributed by atoms with E-state index in [1.807, 2.05) is 113 Å². The molecule has 5 rings (SSSR count). The Labute approximate surface area is 309 Å². The molecule has 53 heavy (non-hydrogen) atoms. The van der Waals surface area contributed by atoms with Gasteiger partial charge in [0, 0.05) is 23.2 Å². The van der Waals surface area contributed by atoms with Crippen molar-refractivity contribution in [1.29, 1.82) is 0 Å². The van der Waals surface area contributed by atoms with Crippen LogP contribution >= 0.6 is 0 Å². The molecule has 0 aliphatic heterocycles. The highest BCUT2D eigenvalue weighted by atomic mass is 16.6. The third kappa shape index (κ3) is 11.1. The maximum absolute atomic E-state index is 13.2. The Hall–Kier alpha value is -6.23. The van der Waals surface area contributed by atoms with Crippen molar-refractivity contribution in [2.24, 2.45) is 11.8 Å². The lowest BCUT2D eigenvalue weighted by Gasteiger charge is -2.21. The summed E-state index contributed by atoms with van der Waals surface area (Å²) in [7, 11) is 0. The third-order valence-corrected chi connectivity index (χ3v) is 8.46. The predicted molar refractivity (Wildman–Crippen MR) is 201 cm³/mol. The summed E-state index contributed by atoms with van der Waals surface area (Å²) in [6.45, 7) is 7.66. The van der Waals surface area contributed by atoms with Crippen molar-refractivity contribution in [3.05, 3.63) is 132 Å². The fourth-order valence-corrected chi connectivity index (χ4v) is 5.49. The molecule has 0 aliphatic carbocycles. The highest BCUT2D eigenvalue weighted by molar-refractivity contribution is 5.97. The van der Waals surface area contributed by atoms with Crippen LogP contribution in [0.2, 0.25) is 0 Å². The van der Waals surface area contributed by atoms with E-state index in [0.717, 1.165) is 27.8 Å². The van der Waals surface area contributed by atoms with Gasteiger partial charge in [0.2, 0.25) is 11.8 Å². The number of aromatic nitrogens is 1. The molecular weight excluding hydrogens is 672 g/mol. The summed E-state index contributed by atoms with van der Waals surface area (Å²) < 4.78 is 16.7. The van der Waals surface area contributed by atoms with Crippen molar-refractivity contribution >= 4 is 29.6 Å². The number of rotatable bonds is 15. The van der Waals surface area contributed by atoms with Crippen molar-refractivity contribution < 1.29 is 33.1 Å². The van der Waals surface area contributed by atoms with Gasteiger partial charge in [0.1, 0.15) is 19.3 Å². The number of ether oxygens (including phenoxy) is 2. The molecule has 0 spiro atoms. The lowest BCUT2D eigenvalue weighted by molar-refractivity contribution is -0.121. The van der Waals surface area contributed by atoms with Crippen molar-refractivity contribution in [2.75, 3.05) is 5.32 Å². The smallest absolute Gasteiger partial charge is 0.408 e. The van der Waals surface area contributed by atoms with Crippen LogP contribution in [0.25, 0.3) is 22.8 Å². The number of nitrogens with one attached hydrogen (secondary N) is 3. The number of carbonyl (C=O) groups excluding carboxylic acids is 4. The fourth-order valence-electron chi connectivity index (χ4n) is 5.49. The van der Waals surface area contributed by atoms with Crippen LogP contribution in [0.15, 0.2) is 120 Å². The summed E-state index contributed by atoms with van der Waals surface area (Å²) in [6.07, 6.45) is 0.444. The summed E-state index contributed by atoms with van der Waals surface area (Å²) in [6, 6.07) is 31.6. The molecule has 5 aromatic rings. The molecule has 4 aromatic carbocycles. The van der Waals surface area contributed by atoms with Crippen LogP contribution < -0.4 is 16.0 Å². The second-order valence-corrected chi connectivity index (χ2v) is 13.3. The molecule has 0 radical (unpaired) electrons. The molecule has 3 amide bonds. The number of oxazole rings is 1. The first-order valence-corrected chi connectivity index (χ1v) is 17.5. The van der Waals surface area contributed by atoms with E-state index in [1.54, 1.807) is 30.5 Å². The molecule has 0 fully saturated rings. The average molecular weight is 717 g/mol. The summed E-state index contributed by atoms with van der Waals surface area (Å²) in [4.78, 5) is 55.6.